The number of halogens is 1. The lowest BCUT2D eigenvalue weighted by atomic mass is 9.80. The molecule has 1 unspecified atom stereocenters. The molecule has 0 N–H and O–H groups in total. The third-order valence-corrected chi connectivity index (χ3v) is 4.09. The SMILES string of the molecule is CC(C)c1ccc(C(Cl)C2CCC2)cc1. The Morgan fingerprint density at radius 1 is 1.07 bits per heavy atom. The maximum absolute atomic E-state index is 6.44. The highest BCUT2D eigenvalue weighted by Gasteiger charge is 2.26. The molecule has 15 heavy (non-hydrogen) atoms. The number of hydrogen-bond acceptors (Lipinski definition) is 0. The van der Waals surface area contributed by atoms with Crippen molar-refractivity contribution in [1.29, 1.82) is 0 Å². The summed E-state index contributed by atoms with van der Waals surface area (Å²) >= 11 is 6.44. The molecule has 0 spiro atoms. The van der Waals surface area contributed by atoms with Gasteiger partial charge in [0, 0.05) is 0 Å². The Hall–Kier alpha value is -0.490. The van der Waals surface area contributed by atoms with E-state index in [2.05, 4.69) is 38.1 Å². The highest BCUT2D eigenvalue weighted by Crippen LogP contribution is 2.41. The van der Waals surface area contributed by atoms with Gasteiger partial charge in [-0.25, -0.2) is 0 Å². The molecule has 1 saturated carbocycles. The molecule has 0 nitrogen and oxygen atoms in total. The van der Waals surface area contributed by atoms with Gasteiger partial charge in [0.2, 0.25) is 0 Å². The van der Waals surface area contributed by atoms with Crippen LogP contribution in [0.2, 0.25) is 0 Å². The zero-order valence-electron chi connectivity index (χ0n) is 9.54. The summed E-state index contributed by atoms with van der Waals surface area (Å²) in [6, 6.07) is 8.83. The minimum atomic E-state index is 0.236. The van der Waals surface area contributed by atoms with Crippen molar-refractivity contribution in [2.45, 2.75) is 44.4 Å². The second-order valence-corrected chi connectivity index (χ2v) is 5.38. The van der Waals surface area contributed by atoms with Gasteiger partial charge >= 0.3 is 0 Å². The fraction of sp³-hybridized carbons (Fsp3) is 0.571. The Morgan fingerprint density at radius 2 is 1.60 bits per heavy atom. The lowest BCUT2D eigenvalue weighted by Crippen LogP contribution is -2.16. The van der Waals surface area contributed by atoms with Crippen LogP contribution in [-0.2, 0) is 0 Å². The maximum Gasteiger partial charge on any atom is 0.0613 e. The third kappa shape index (κ3) is 2.36. The van der Waals surface area contributed by atoms with E-state index in [1.807, 2.05) is 0 Å². The molecule has 1 aliphatic carbocycles. The zero-order valence-corrected chi connectivity index (χ0v) is 10.3. The Kier molecular flexibility index (Phi) is 3.35. The van der Waals surface area contributed by atoms with Crippen molar-refractivity contribution in [3.63, 3.8) is 0 Å². The first-order valence-electron chi connectivity index (χ1n) is 5.92. The zero-order chi connectivity index (χ0) is 10.8. The molecule has 0 amide bonds. The van der Waals surface area contributed by atoms with Crippen LogP contribution < -0.4 is 0 Å². The Balaban J connectivity index is 2.08. The van der Waals surface area contributed by atoms with E-state index in [-0.39, 0.29) is 5.38 Å². The minimum absolute atomic E-state index is 0.236. The second kappa shape index (κ2) is 4.57. The summed E-state index contributed by atoms with van der Waals surface area (Å²) in [7, 11) is 0. The fourth-order valence-corrected chi connectivity index (χ4v) is 2.47. The van der Waals surface area contributed by atoms with E-state index in [0.717, 1.165) is 5.92 Å². The van der Waals surface area contributed by atoms with Crippen LogP contribution in [0.25, 0.3) is 0 Å². The van der Waals surface area contributed by atoms with Crippen molar-refractivity contribution in [1.82, 2.24) is 0 Å². The van der Waals surface area contributed by atoms with Crippen LogP contribution in [-0.4, -0.2) is 0 Å². The van der Waals surface area contributed by atoms with E-state index >= 15 is 0 Å². The monoisotopic (exact) mass is 222 g/mol. The summed E-state index contributed by atoms with van der Waals surface area (Å²) < 4.78 is 0. The summed E-state index contributed by atoms with van der Waals surface area (Å²) in [6.07, 6.45) is 3.97. The lowest BCUT2D eigenvalue weighted by molar-refractivity contribution is 0.305. The second-order valence-electron chi connectivity index (χ2n) is 4.91. The molecule has 0 aromatic heterocycles. The predicted octanol–water partition coefficient (Wildman–Crippen LogP) is 4.89. The standard InChI is InChI=1S/C14H19Cl/c1-10(2)11-6-8-13(9-7-11)14(15)12-4-3-5-12/h6-10,12,14H,3-5H2,1-2H3. The average Bonchev–Trinajstić information content (AvgIpc) is 2.15. The Labute approximate surface area is 97.6 Å². The van der Waals surface area contributed by atoms with Crippen LogP contribution in [0.5, 0.6) is 0 Å². The quantitative estimate of drug-likeness (QED) is 0.639. The molecule has 1 fully saturated rings. The van der Waals surface area contributed by atoms with Crippen LogP contribution in [0.3, 0.4) is 0 Å². The maximum atomic E-state index is 6.44. The van der Waals surface area contributed by atoms with E-state index in [9.17, 15) is 0 Å². The van der Waals surface area contributed by atoms with Gasteiger partial charge in [-0.1, -0.05) is 44.5 Å². The van der Waals surface area contributed by atoms with Gasteiger partial charge in [0.1, 0.15) is 0 Å². The molecule has 1 aromatic carbocycles. The molecule has 1 aliphatic rings. The minimum Gasteiger partial charge on any atom is -0.118 e. The molecule has 2 rings (SSSR count). The van der Waals surface area contributed by atoms with Crippen molar-refractivity contribution >= 4 is 11.6 Å². The van der Waals surface area contributed by atoms with Crippen LogP contribution in [0, 0.1) is 5.92 Å². The third-order valence-electron chi connectivity index (χ3n) is 3.49. The molecular weight excluding hydrogens is 204 g/mol. The Bertz CT molecular complexity index is 309. The van der Waals surface area contributed by atoms with Crippen LogP contribution >= 0.6 is 11.6 Å². The normalized spacial score (nSPS) is 18.9. The first kappa shape index (κ1) is 11.0. The number of alkyl halides is 1. The van der Waals surface area contributed by atoms with Gasteiger partial charge in [-0.15, -0.1) is 11.6 Å². The molecular formula is C14H19Cl. The average molecular weight is 223 g/mol. The van der Waals surface area contributed by atoms with Crippen LogP contribution in [0.4, 0.5) is 0 Å². The van der Waals surface area contributed by atoms with Gasteiger partial charge in [0.05, 0.1) is 5.38 Å². The molecule has 0 saturated heterocycles. The van der Waals surface area contributed by atoms with Crippen molar-refractivity contribution in [2.75, 3.05) is 0 Å². The molecule has 0 aliphatic heterocycles. The van der Waals surface area contributed by atoms with Gasteiger partial charge in [-0.3, -0.25) is 0 Å². The van der Waals surface area contributed by atoms with E-state index in [1.54, 1.807) is 0 Å². The Morgan fingerprint density at radius 3 is 2.00 bits per heavy atom. The topological polar surface area (TPSA) is 0 Å². The molecule has 1 heteroatoms. The molecule has 1 atom stereocenters. The van der Waals surface area contributed by atoms with Crippen molar-refractivity contribution in [3.05, 3.63) is 35.4 Å². The smallest absolute Gasteiger partial charge is 0.0613 e. The van der Waals surface area contributed by atoms with Gasteiger partial charge in [0.15, 0.2) is 0 Å². The summed E-state index contributed by atoms with van der Waals surface area (Å²) in [5, 5.41) is 0.236. The van der Waals surface area contributed by atoms with Gasteiger partial charge in [-0.2, -0.15) is 0 Å². The fourth-order valence-electron chi connectivity index (χ4n) is 2.07. The first-order valence-corrected chi connectivity index (χ1v) is 6.36. The van der Waals surface area contributed by atoms with Crippen molar-refractivity contribution < 1.29 is 0 Å². The van der Waals surface area contributed by atoms with E-state index in [1.165, 1.54) is 30.4 Å². The molecule has 82 valence electrons. The number of benzene rings is 1. The first-order chi connectivity index (χ1) is 7.18. The van der Waals surface area contributed by atoms with Crippen LogP contribution in [0.1, 0.15) is 55.5 Å². The van der Waals surface area contributed by atoms with Gasteiger partial charge < -0.3 is 0 Å². The molecule has 0 heterocycles. The van der Waals surface area contributed by atoms with E-state index in [4.69, 9.17) is 11.6 Å². The molecule has 1 aromatic rings. The molecule has 0 radical (unpaired) electrons. The largest absolute Gasteiger partial charge is 0.118 e. The van der Waals surface area contributed by atoms with E-state index < -0.39 is 0 Å². The lowest BCUT2D eigenvalue weighted by Gasteiger charge is -2.30. The van der Waals surface area contributed by atoms with E-state index in [0.29, 0.717) is 5.92 Å². The summed E-state index contributed by atoms with van der Waals surface area (Å²) in [5.41, 5.74) is 2.70. The summed E-state index contributed by atoms with van der Waals surface area (Å²) in [6.45, 7) is 4.44. The summed E-state index contributed by atoms with van der Waals surface area (Å²) in [5.74, 6) is 1.33. The predicted molar refractivity (Wildman–Crippen MR) is 66.5 cm³/mol. The van der Waals surface area contributed by atoms with Crippen molar-refractivity contribution in [2.24, 2.45) is 5.92 Å². The highest BCUT2D eigenvalue weighted by molar-refractivity contribution is 6.21. The van der Waals surface area contributed by atoms with Crippen molar-refractivity contribution in [3.8, 4) is 0 Å². The van der Waals surface area contributed by atoms with Gasteiger partial charge in [0.25, 0.3) is 0 Å². The number of hydrogen-bond donors (Lipinski definition) is 0. The van der Waals surface area contributed by atoms with Gasteiger partial charge in [-0.05, 0) is 35.8 Å². The highest BCUT2D eigenvalue weighted by atomic mass is 35.5. The van der Waals surface area contributed by atoms with Crippen LogP contribution in [0.15, 0.2) is 24.3 Å². The molecule has 0 bridgehead atoms. The summed E-state index contributed by atoms with van der Waals surface area (Å²) in [4.78, 5) is 0. The number of rotatable bonds is 3.